The maximum atomic E-state index is 9.07. The molecule has 96 valence electrons. The maximum absolute atomic E-state index is 9.07. The molecular weight excluding hydrogens is 212 g/mol. The van der Waals surface area contributed by atoms with E-state index in [-0.39, 0.29) is 12.0 Å². The SMILES string of the molecule is CC(C)(C)C(CCO)NCCc1ccncc1. The predicted octanol–water partition coefficient (Wildman–Crippen LogP) is 2.01. The van der Waals surface area contributed by atoms with Gasteiger partial charge in [-0.1, -0.05) is 20.8 Å². The van der Waals surface area contributed by atoms with E-state index in [1.807, 2.05) is 24.5 Å². The summed E-state index contributed by atoms with van der Waals surface area (Å²) in [6, 6.07) is 4.44. The average molecular weight is 236 g/mol. The fraction of sp³-hybridized carbons (Fsp3) is 0.643. The summed E-state index contributed by atoms with van der Waals surface area (Å²) >= 11 is 0. The molecule has 0 saturated heterocycles. The number of nitrogens with one attached hydrogen (secondary N) is 1. The first-order valence-corrected chi connectivity index (χ1v) is 6.27. The standard InChI is InChI=1S/C14H24N2O/c1-14(2,3)13(7-11-17)16-10-6-12-4-8-15-9-5-12/h4-5,8-9,13,16-17H,6-7,10-11H2,1-3H3. The van der Waals surface area contributed by atoms with Crippen molar-refractivity contribution in [3.05, 3.63) is 30.1 Å². The molecule has 0 amide bonds. The molecule has 1 unspecified atom stereocenters. The van der Waals surface area contributed by atoms with Crippen molar-refractivity contribution in [1.82, 2.24) is 10.3 Å². The van der Waals surface area contributed by atoms with Crippen LogP contribution in [0.2, 0.25) is 0 Å². The highest BCUT2D eigenvalue weighted by molar-refractivity contribution is 5.09. The quantitative estimate of drug-likeness (QED) is 0.794. The minimum atomic E-state index is 0.182. The van der Waals surface area contributed by atoms with Gasteiger partial charge >= 0.3 is 0 Å². The molecule has 3 heteroatoms. The molecule has 0 aliphatic heterocycles. The molecule has 0 aliphatic carbocycles. The predicted molar refractivity (Wildman–Crippen MR) is 70.9 cm³/mol. The van der Waals surface area contributed by atoms with Crippen molar-refractivity contribution in [3.63, 3.8) is 0 Å². The number of aliphatic hydroxyl groups is 1. The molecule has 0 spiro atoms. The van der Waals surface area contributed by atoms with Gasteiger partial charge in [0.05, 0.1) is 0 Å². The Morgan fingerprint density at radius 2 is 1.94 bits per heavy atom. The first-order chi connectivity index (χ1) is 8.04. The summed E-state index contributed by atoms with van der Waals surface area (Å²) in [6.45, 7) is 7.78. The van der Waals surface area contributed by atoms with Gasteiger partial charge in [0.2, 0.25) is 0 Å². The molecule has 1 rings (SSSR count). The first kappa shape index (κ1) is 14.1. The van der Waals surface area contributed by atoms with E-state index in [9.17, 15) is 0 Å². The van der Waals surface area contributed by atoms with Crippen molar-refractivity contribution < 1.29 is 5.11 Å². The molecular formula is C14H24N2O. The largest absolute Gasteiger partial charge is 0.396 e. The highest BCUT2D eigenvalue weighted by Crippen LogP contribution is 2.21. The summed E-state index contributed by atoms with van der Waals surface area (Å²) in [5.74, 6) is 0. The Bertz CT molecular complexity index is 306. The number of pyridine rings is 1. The molecule has 1 aromatic rings. The lowest BCUT2D eigenvalue weighted by molar-refractivity contribution is 0.198. The lowest BCUT2D eigenvalue weighted by Crippen LogP contribution is -2.41. The summed E-state index contributed by atoms with van der Waals surface area (Å²) in [4.78, 5) is 4.00. The second-order valence-corrected chi connectivity index (χ2v) is 5.49. The van der Waals surface area contributed by atoms with Crippen LogP contribution >= 0.6 is 0 Å². The molecule has 1 atom stereocenters. The number of aromatic nitrogens is 1. The Kier molecular flexibility index (Phi) is 5.59. The summed E-state index contributed by atoms with van der Waals surface area (Å²) in [5, 5.41) is 12.6. The van der Waals surface area contributed by atoms with Gasteiger partial charge in [0.1, 0.15) is 0 Å². The van der Waals surface area contributed by atoms with Crippen molar-refractivity contribution in [2.45, 2.75) is 39.7 Å². The van der Waals surface area contributed by atoms with Gasteiger partial charge in [-0.2, -0.15) is 0 Å². The lowest BCUT2D eigenvalue weighted by Gasteiger charge is -2.31. The zero-order valence-corrected chi connectivity index (χ0v) is 11.1. The van der Waals surface area contributed by atoms with E-state index in [1.54, 1.807) is 0 Å². The van der Waals surface area contributed by atoms with E-state index in [2.05, 4.69) is 31.1 Å². The number of hydrogen-bond donors (Lipinski definition) is 2. The number of nitrogens with zero attached hydrogens (tertiary/aromatic N) is 1. The molecule has 0 saturated carbocycles. The van der Waals surface area contributed by atoms with Crippen molar-refractivity contribution in [1.29, 1.82) is 0 Å². The van der Waals surface area contributed by atoms with Gasteiger partial charge < -0.3 is 10.4 Å². The molecule has 0 fully saturated rings. The van der Waals surface area contributed by atoms with Crippen LogP contribution in [0.15, 0.2) is 24.5 Å². The molecule has 1 aromatic heterocycles. The highest BCUT2D eigenvalue weighted by Gasteiger charge is 2.22. The van der Waals surface area contributed by atoms with E-state index < -0.39 is 0 Å². The van der Waals surface area contributed by atoms with E-state index in [0.717, 1.165) is 19.4 Å². The molecule has 0 radical (unpaired) electrons. The minimum Gasteiger partial charge on any atom is -0.396 e. The van der Waals surface area contributed by atoms with Crippen LogP contribution in [0.5, 0.6) is 0 Å². The van der Waals surface area contributed by atoms with Crippen LogP contribution in [-0.2, 0) is 6.42 Å². The molecule has 3 nitrogen and oxygen atoms in total. The highest BCUT2D eigenvalue weighted by atomic mass is 16.3. The zero-order chi connectivity index (χ0) is 12.7. The van der Waals surface area contributed by atoms with Crippen molar-refractivity contribution in [2.24, 2.45) is 5.41 Å². The van der Waals surface area contributed by atoms with Crippen LogP contribution in [0, 0.1) is 5.41 Å². The van der Waals surface area contributed by atoms with Crippen LogP contribution in [0.4, 0.5) is 0 Å². The van der Waals surface area contributed by atoms with Crippen LogP contribution in [-0.4, -0.2) is 29.3 Å². The van der Waals surface area contributed by atoms with Gasteiger partial charge in [-0.25, -0.2) is 0 Å². The monoisotopic (exact) mass is 236 g/mol. The summed E-state index contributed by atoms with van der Waals surface area (Å²) in [5.41, 5.74) is 1.48. The van der Waals surface area contributed by atoms with Gasteiger partial charge in [0.15, 0.2) is 0 Å². The van der Waals surface area contributed by atoms with E-state index in [4.69, 9.17) is 5.11 Å². The third-order valence-corrected chi connectivity index (χ3v) is 3.02. The Hall–Kier alpha value is -0.930. The van der Waals surface area contributed by atoms with Crippen LogP contribution < -0.4 is 5.32 Å². The fourth-order valence-corrected chi connectivity index (χ4v) is 1.91. The molecule has 17 heavy (non-hydrogen) atoms. The molecule has 0 bridgehead atoms. The van der Waals surface area contributed by atoms with E-state index in [0.29, 0.717) is 6.04 Å². The van der Waals surface area contributed by atoms with Gasteiger partial charge in [-0.3, -0.25) is 4.98 Å². The van der Waals surface area contributed by atoms with E-state index >= 15 is 0 Å². The second-order valence-electron chi connectivity index (χ2n) is 5.49. The number of rotatable bonds is 6. The van der Waals surface area contributed by atoms with Gasteiger partial charge in [0, 0.05) is 25.0 Å². The lowest BCUT2D eigenvalue weighted by atomic mass is 9.85. The minimum absolute atomic E-state index is 0.182. The Balaban J connectivity index is 2.37. The molecule has 0 aliphatic rings. The second kappa shape index (κ2) is 6.72. The van der Waals surface area contributed by atoms with Crippen molar-refractivity contribution in [2.75, 3.05) is 13.2 Å². The third-order valence-electron chi connectivity index (χ3n) is 3.02. The van der Waals surface area contributed by atoms with Crippen LogP contribution in [0.1, 0.15) is 32.8 Å². The summed E-state index contributed by atoms with van der Waals surface area (Å²) < 4.78 is 0. The maximum Gasteiger partial charge on any atom is 0.0446 e. The van der Waals surface area contributed by atoms with Gasteiger partial charge in [0.25, 0.3) is 0 Å². The zero-order valence-electron chi connectivity index (χ0n) is 11.1. The molecule has 0 aromatic carbocycles. The van der Waals surface area contributed by atoms with Crippen LogP contribution in [0.3, 0.4) is 0 Å². The van der Waals surface area contributed by atoms with Crippen molar-refractivity contribution >= 4 is 0 Å². The van der Waals surface area contributed by atoms with E-state index in [1.165, 1.54) is 5.56 Å². The van der Waals surface area contributed by atoms with Gasteiger partial charge in [-0.05, 0) is 42.5 Å². The first-order valence-electron chi connectivity index (χ1n) is 6.27. The fourth-order valence-electron chi connectivity index (χ4n) is 1.91. The Morgan fingerprint density at radius 3 is 2.47 bits per heavy atom. The smallest absolute Gasteiger partial charge is 0.0446 e. The average Bonchev–Trinajstić information content (AvgIpc) is 2.28. The number of hydrogen-bond acceptors (Lipinski definition) is 3. The third kappa shape index (κ3) is 5.29. The van der Waals surface area contributed by atoms with Crippen molar-refractivity contribution in [3.8, 4) is 0 Å². The topological polar surface area (TPSA) is 45.1 Å². The van der Waals surface area contributed by atoms with Crippen LogP contribution in [0.25, 0.3) is 0 Å². The normalized spacial score (nSPS) is 13.6. The Labute approximate surface area is 104 Å². The Morgan fingerprint density at radius 1 is 1.29 bits per heavy atom. The number of aliphatic hydroxyl groups excluding tert-OH is 1. The molecule has 1 heterocycles. The van der Waals surface area contributed by atoms with Gasteiger partial charge in [-0.15, -0.1) is 0 Å². The summed E-state index contributed by atoms with van der Waals surface area (Å²) in [7, 11) is 0. The molecule has 2 N–H and O–H groups in total. The summed E-state index contributed by atoms with van der Waals surface area (Å²) in [6.07, 6.45) is 5.45.